The number of carbonyl (C=O) groups excluding carboxylic acids is 1. The molecular weight excluding hydrogens is 240 g/mol. The van der Waals surface area contributed by atoms with Gasteiger partial charge in [0.1, 0.15) is 6.10 Å². The molecule has 3 heteroatoms. The molecule has 0 aliphatic carbocycles. The van der Waals surface area contributed by atoms with E-state index in [-0.39, 0.29) is 12.1 Å². The first-order valence-corrected chi connectivity index (χ1v) is 7.78. The Hall–Kier alpha value is -0.570. The molecule has 2 aliphatic heterocycles. The minimum Gasteiger partial charge on any atom is -0.462 e. The molecule has 2 fully saturated rings. The summed E-state index contributed by atoms with van der Waals surface area (Å²) in [6.45, 7) is 10.7. The monoisotopic (exact) mass is 270 g/mol. The Morgan fingerprint density at radius 2 is 1.79 bits per heavy atom. The summed E-state index contributed by atoms with van der Waals surface area (Å²) in [7, 11) is 0. The van der Waals surface area contributed by atoms with Crippen molar-refractivity contribution >= 4 is 5.97 Å². The zero-order valence-corrected chi connectivity index (χ0v) is 13.0. The highest BCUT2D eigenvalue weighted by Crippen LogP contribution is 2.21. The predicted octanol–water partition coefficient (Wildman–Crippen LogP) is 3.81. The van der Waals surface area contributed by atoms with Crippen LogP contribution in [0.5, 0.6) is 0 Å². The minimum absolute atomic E-state index is 0.0232. The lowest BCUT2D eigenvalue weighted by molar-refractivity contribution is -0.156. The summed E-state index contributed by atoms with van der Waals surface area (Å²) < 4.78 is 10.5. The van der Waals surface area contributed by atoms with Gasteiger partial charge in [-0.25, -0.2) is 0 Å². The Balaban J connectivity index is 0.000000191. The Morgan fingerprint density at radius 3 is 2.16 bits per heavy atom. The number of cyclic esters (lactones) is 1. The normalized spacial score (nSPS) is 27.8. The summed E-state index contributed by atoms with van der Waals surface area (Å²) in [5.41, 5.74) is 0. The Morgan fingerprint density at radius 1 is 1.05 bits per heavy atom. The number of rotatable bonds is 2. The highest BCUT2D eigenvalue weighted by molar-refractivity contribution is 5.70. The van der Waals surface area contributed by atoms with Crippen molar-refractivity contribution in [3.05, 3.63) is 0 Å². The van der Waals surface area contributed by atoms with E-state index in [1.54, 1.807) is 0 Å². The molecule has 2 heterocycles. The average Bonchev–Trinajstić information content (AvgIpc) is 2.40. The first-order chi connectivity index (χ1) is 9.00. The highest BCUT2D eigenvalue weighted by Gasteiger charge is 2.22. The molecular formula is C16H30O3. The van der Waals surface area contributed by atoms with Crippen molar-refractivity contribution in [3.63, 3.8) is 0 Å². The van der Waals surface area contributed by atoms with Crippen LogP contribution in [-0.4, -0.2) is 25.3 Å². The molecule has 0 saturated carbocycles. The molecule has 0 spiro atoms. The predicted molar refractivity (Wildman–Crippen MR) is 77.0 cm³/mol. The second kappa shape index (κ2) is 8.57. The van der Waals surface area contributed by atoms with Crippen molar-refractivity contribution in [1.29, 1.82) is 0 Å². The molecule has 0 N–H and O–H groups in total. The lowest BCUT2D eigenvalue weighted by Gasteiger charge is -2.24. The molecule has 0 amide bonds. The molecule has 0 bridgehead atoms. The van der Waals surface area contributed by atoms with E-state index in [9.17, 15) is 4.79 Å². The topological polar surface area (TPSA) is 35.5 Å². The van der Waals surface area contributed by atoms with Gasteiger partial charge in [0.2, 0.25) is 0 Å². The third kappa shape index (κ3) is 6.42. The van der Waals surface area contributed by atoms with Crippen LogP contribution in [0.15, 0.2) is 0 Å². The number of esters is 1. The van der Waals surface area contributed by atoms with Crippen LogP contribution in [0.25, 0.3) is 0 Å². The zero-order valence-electron chi connectivity index (χ0n) is 13.0. The fraction of sp³-hybridized carbons (Fsp3) is 0.938. The van der Waals surface area contributed by atoms with E-state index in [0.717, 1.165) is 37.9 Å². The average molecular weight is 270 g/mol. The van der Waals surface area contributed by atoms with E-state index in [4.69, 9.17) is 9.47 Å². The third-order valence-electron chi connectivity index (χ3n) is 4.03. The molecule has 2 rings (SSSR count). The highest BCUT2D eigenvalue weighted by atomic mass is 16.5. The summed E-state index contributed by atoms with van der Waals surface area (Å²) in [6.07, 6.45) is 5.48. The van der Waals surface area contributed by atoms with Crippen molar-refractivity contribution < 1.29 is 14.3 Å². The van der Waals surface area contributed by atoms with E-state index in [1.165, 1.54) is 12.8 Å². The Bertz CT molecular complexity index is 255. The van der Waals surface area contributed by atoms with Gasteiger partial charge in [0.25, 0.3) is 0 Å². The fourth-order valence-corrected chi connectivity index (χ4v) is 2.50. The summed E-state index contributed by atoms with van der Waals surface area (Å²) in [5.74, 6) is 2.10. The van der Waals surface area contributed by atoms with Crippen LogP contribution in [0.4, 0.5) is 0 Å². The first-order valence-electron chi connectivity index (χ1n) is 7.78. The van der Waals surface area contributed by atoms with Gasteiger partial charge in [0, 0.05) is 19.6 Å². The van der Waals surface area contributed by atoms with Gasteiger partial charge in [-0.05, 0) is 43.4 Å². The van der Waals surface area contributed by atoms with Gasteiger partial charge in [-0.15, -0.1) is 0 Å². The quantitative estimate of drug-likeness (QED) is 0.716. The van der Waals surface area contributed by atoms with E-state index in [0.29, 0.717) is 12.3 Å². The maximum Gasteiger partial charge on any atom is 0.306 e. The van der Waals surface area contributed by atoms with Crippen LogP contribution in [0.2, 0.25) is 0 Å². The standard InChI is InChI=1S/C8H14O2.C8H16O/c1-6(2)7-4-3-5-8(9)10-7;1-7(2)8-4-3-5-9-6-8/h6-7H,3-5H2,1-2H3;7-8H,3-6H2,1-2H3. The lowest BCUT2D eigenvalue weighted by atomic mass is 9.91. The SMILES string of the molecule is CC(C)C1CCCC(=O)O1.CC(C)C1CCCOC1. The molecule has 112 valence electrons. The van der Waals surface area contributed by atoms with Crippen molar-refractivity contribution in [2.24, 2.45) is 17.8 Å². The van der Waals surface area contributed by atoms with Crippen molar-refractivity contribution in [2.75, 3.05) is 13.2 Å². The van der Waals surface area contributed by atoms with Gasteiger partial charge in [-0.1, -0.05) is 27.7 Å². The zero-order chi connectivity index (χ0) is 14.3. The molecule has 2 atom stereocenters. The fourth-order valence-electron chi connectivity index (χ4n) is 2.50. The van der Waals surface area contributed by atoms with Crippen LogP contribution in [0, 0.1) is 17.8 Å². The van der Waals surface area contributed by atoms with Gasteiger partial charge in [0.05, 0.1) is 0 Å². The number of ether oxygens (including phenoxy) is 2. The second-order valence-corrected chi connectivity index (χ2v) is 6.39. The number of hydrogen-bond acceptors (Lipinski definition) is 3. The van der Waals surface area contributed by atoms with Crippen molar-refractivity contribution in [3.8, 4) is 0 Å². The van der Waals surface area contributed by atoms with Gasteiger partial charge in [-0.2, -0.15) is 0 Å². The minimum atomic E-state index is -0.0232. The molecule has 19 heavy (non-hydrogen) atoms. The molecule has 0 aromatic heterocycles. The van der Waals surface area contributed by atoms with Crippen LogP contribution in [0.3, 0.4) is 0 Å². The summed E-state index contributed by atoms with van der Waals surface area (Å²) in [5, 5.41) is 0. The lowest BCUT2D eigenvalue weighted by Crippen LogP contribution is -2.27. The third-order valence-corrected chi connectivity index (χ3v) is 4.03. The smallest absolute Gasteiger partial charge is 0.306 e. The second-order valence-electron chi connectivity index (χ2n) is 6.39. The van der Waals surface area contributed by atoms with Gasteiger partial charge < -0.3 is 9.47 Å². The van der Waals surface area contributed by atoms with Gasteiger partial charge in [-0.3, -0.25) is 4.79 Å². The summed E-state index contributed by atoms with van der Waals surface area (Å²) in [6, 6.07) is 0. The summed E-state index contributed by atoms with van der Waals surface area (Å²) >= 11 is 0. The van der Waals surface area contributed by atoms with Gasteiger partial charge in [0.15, 0.2) is 0 Å². The molecule has 3 nitrogen and oxygen atoms in total. The van der Waals surface area contributed by atoms with E-state index in [2.05, 4.69) is 27.7 Å². The molecule has 2 aliphatic rings. The Labute approximate surface area is 118 Å². The molecule has 0 radical (unpaired) electrons. The first kappa shape index (κ1) is 16.5. The van der Waals surface area contributed by atoms with E-state index in [1.807, 2.05) is 0 Å². The maximum atomic E-state index is 10.8. The molecule has 0 aromatic carbocycles. The molecule has 0 aromatic rings. The van der Waals surface area contributed by atoms with E-state index < -0.39 is 0 Å². The van der Waals surface area contributed by atoms with Crippen LogP contribution >= 0.6 is 0 Å². The molecule has 2 unspecified atom stereocenters. The molecule has 2 saturated heterocycles. The van der Waals surface area contributed by atoms with Crippen molar-refractivity contribution in [2.45, 2.75) is 65.9 Å². The Kier molecular flexibility index (Phi) is 7.44. The van der Waals surface area contributed by atoms with Crippen molar-refractivity contribution in [1.82, 2.24) is 0 Å². The van der Waals surface area contributed by atoms with Crippen LogP contribution in [0.1, 0.15) is 59.8 Å². The van der Waals surface area contributed by atoms with Crippen LogP contribution < -0.4 is 0 Å². The van der Waals surface area contributed by atoms with E-state index >= 15 is 0 Å². The van der Waals surface area contributed by atoms with Crippen LogP contribution in [-0.2, 0) is 14.3 Å². The largest absolute Gasteiger partial charge is 0.462 e. The summed E-state index contributed by atoms with van der Waals surface area (Å²) in [4.78, 5) is 10.8. The number of carbonyl (C=O) groups is 1. The van der Waals surface area contributed by atoms with Gasteiger partial charge >= 0.3 is 5.97 Å². The maximum absolute atomic E-state index is 10.8. The number of hydrogen-bond donors (Lipinski definition) is 0.